The van der Waals surface area contributed by atoms with Crippen molar-refractivity contribution in [2.75, 3.05) is 18.0 Å². The van der Waals surface area contributed by atoms with Gasteiger partial charge >= 0.3 is 0 Å². The minimum absolute atomic E-state index is 0.0201. The highest BCUT2D eigenvalue weighted by molar-refractivity contribution is 7.80. The number of carbonyl (C=O) groups excluding carboxylic acids is 1. The second-order valence-electron chi connectivity index (χ2n) is 4.71. The van der Waals surface area contributed by atoms with Crippen LogP contribution >= 0.6 is 12.2 Å². The molecule has 0 aromatic carbocycles. The van der Waals surface area contributed by atoms with E-state index in [1.807, 2.05) is 24.8 Å². The van der Waals surface area contributed by atoms with Crippen LogP contribution in [0.2, 0.25) is 0 Å². The van der Waals surface area contributed by atoms with E-state index in [0.717, 1.165) is 0 Å². The second-order valence-corrected chi connectivity index (χ2v) is 5.15. The monoisotopic (exact) mass is 264 g/mol. The SMILES string of the molecule is CC1(C)C(=O)NCCN1c1ncccc1C(N)=S. The lowest BCUT2D eigenvalue weighted by Gasteiger charge is -2.42. The number of aromatic nitrogens is 1. The number of nitrogens with zero attached hydrogens (tertiary/aromatic N) is 2. The number of amides is 1. The number of hydrogen-bond donors (Lipinski definition) is 2. The predicted octanol–water partition coefficient (Wildman–Crippen LogP) is 0.431. The molecular weight excluding hydrogens is 248 g/mol. The summed E-state index contributed by atoms with van der Waals surface area (Å²) in [7, 11) is 0. The van der Waals surface area contributed by atoms with Crippen LogP contribution in [-0.4, -0.2) is 34.5 Å². The molecule has 1 aromatic heterocycles. The summed E-state index contributed by atoms with van der Waals surface area (Å²) in [6, 6.07) is 3.61. The number of hydrogen-bond acceptors (Lipinski definition) is 4. The molecule has 2 rings (SSSR count). The summed E-state index contributed by atoms with van der Waals surface area (Å²) in [5, 5.41) is 2.85. The maximum Gasteiger partial charge on any atom is 0.245 e. The Morgan fingerprint density at radius 3 is 3.00 bits per heavy atom. The van der Waals surface area contributed by atoms with Gasteiger partial charge in [-0.05, 0) is 26.0 Å². The van der Waals surface area contributed by atoms with Gasteiger partial charge in [-0.25, -0.2) is 4.98 Å². The van der Waals surface area contributed by atoms with Crippen molar-refractivity contribution in [3.63, 3.8) is 0 Å². The summed E-state index contributed by atoms with van der Waals surface area (Å²) >= 11 is 5.03. The standard InChI is InChI=1S/C12H16N4OS/c1-12(2)11(17)15-6-7-16(12)10-8(9(13)18)4-3-5-14-10/h3-5H,6-7H2,1-2H3,(H2,13,18)(H,15,17). The molecule has 0 spiro atoms. The summed E-state index contributed by atoms with van der Waals surface area (Å²) < 4.78 is 0. The average molecular weight is 264 g/mol. The summed E-state index contributed by atoms with van der Waals surface area (Å²) in [6.45, 7) is 5.00. The van der Waals surface area contributed by atoms with E-state index in [0.29, 0.717) is 29.5 Å². The minimum Gasteiger partial charge on any atom is -0.389 e. The van der Waals surface area contributed by atoms with Gasteiger partial charge in [-0.15, -0.1) is 0 Å². The van der Waals surface area contributed by atoms with Crippen LogP contribution in [-0.2, 0) is 4.79 Å². The van der Waals surface area contributed by atoms with E-state index in [1.54, 1.807) is 12.3 Å². The first kappa shape index (κ1) is 12.8. The van der Waals surface area contributed by atoms with Gasteiger partial charge in [0.05, 0.1) is 5.56 Å². The Labute approximate surface area is 111 Å². The van der Waals surface area contributed by atoms with Crippen molar-refractivity contribution in [2.24, 2.45) is 5.73 Å². The van der Waals surface area contributed by atoms with Crippen LogP contribution in [0.3, 0.4) is 0 Å². The largest absolute Gasteiger partial charge is 0.389 e. The first-order chi connectivity index (χ1) is 8.44. The van der Waals surface area contributed by atoms with E-state index in [1.165, 1.54) is 0 Å². The number of pyridine rings is 1. The lowest BCUT2D eigenvalue weighted by atomic mass is 9.98. The molecule has 1 fully saturated rings. The molecule has 0 radical (unpaired) electrons. The van der Waals surface area contributed by atoms with Crippen LogP contribution in [0.1, 0.15) is 19.4 Å². The van der Waals surface area contributed by atoms with E-state index in [9.17, 15) is 4.79 Å². The molecule has 1 amide bonds. The molecule has 0 saturated carbocycles. The third-order valence-electron chi connectivity index (χ3n) is 3.16. The van der Waals surface area contributed by atoms with Crippen molar-refractivity contribution >= 4 is 28.9 Å². The highest BCUT2D eigenvalue weighted by Gasteiger charge is 2.39. The Morgan fingerprint density at radius 2 is 2.33 bits per heavy atom. The summed E-state index contributed by atoms with van der Waals surface area (Å²) in [5.74, 6) is 0.651. The average Bonchev–Trinajstić information content (AvgIpc) is 2.32. The fraction of sp³-hybridized carbons (Fsp3) is 0.417. The molecule has 1 aromatic rings. The van der Waals surface area contributed by atoms with Gasteiger partial charge in [-0.2, -0.15) is 0 Å². The lowest BCUT2D eigenvalue weighted by Crippen LogP contribution is -2.62. The molecule has 0 bridgehead atoms. The van der Waals surface area contributed by atoms with Gasteiger partial charge in [0.1, 0.15) is 16.3 Å². The Kier molecular flexibility index (Phi) is 3.21. The van der Waals surface area contributed by atoms with E-state index < -0.39 is 5.54 Å². The highest BCUT2D eigenvalue weighted by Crippen LogP contribution is 2.27. The van der Waals surface area contributed by atoms with Crippen LogP contribution in [0, 0.1) is 0 Å². The lowest BCUT2D eigenvalue weighted by molar-refractivity contribution is -0.126. The van der Waals surface area contributed by atoms with Gasteiger partial charge in [0.25, 0.3) is 0 Å². The third-order valence-corrected chi connectivity index (χ3v) is 3.38. The number of nitrogens with one attached hydrogen (secondary N) is 1. The molecule has 6 heteroatoms. The van der Waals surface area contributed by atoms with Crippen LogP contribution in [0.5, 0.6) is 0 Å². The summed E-state index contributed by atoms with van der Waals surface area (Å²) in [6.07, 6.45) is 1.68. The van der Waals surface area contributed by atoms with Gasteiger partial charge < -0.3 is 16.0 Å². The number of piperazine rings is 1. The quantitative estimate of drug-likeness (QED) is 0.758. The zero-order valence-electron chi connectivity index (χ0n) is 10.4. The van der Waals surface area contributed by atoms with Crippen molar-refractivity contribution in [2.45, 2.75) is 19.4 Å². The number of thiocarbonyl (C=S) groups is 1. The fourth-order valence-corrected chi connectivity index (χ4v) is 2.23. The molecule has 1 saturated heterocycles. The minimum atomic E-state index is -0.661. The summed E-state index contributed by atoms with van der Waals surface area (Å²) in [5.41, 5.74) is 5.75. The Bertz CT molecular complexity index is 501. The second kappa shape index (κ2) is 4.53. The molecule has 3 N–H and O–H groups in total. The molecule has 5 nitrogen and oxygen atoms in total. The van der Waals surface area contributed by atoms with Crippen LogP contribution in [0.4, 0.5) is 5.82 Å². The van der Waals surface area contributed by atoms with E-state index >= 15 is 0 Å². The zero-order valence-corrected chi connectivity index (χ0v) is 11.3. The molecule has 18 heavy (non-hydrogen) atoms. The Hall–Kier alpha value is -1.69. The Morgan fingerprint density at radius 1 is 1.61 bits per heavy atom. The molecule has 2 heterocycles. The van der Waals surface area contributed by atoms with Crippen LogP contribution < -0.4 is 16.0 Å². The highest BCUT2D eigenvalue weighted by atomic mass is 32.1. The van der Waals surface area contributed by atoms with E-state index in [4.69, 9.17) is 18.0 Å². The van der Waals surface area contributed by atoms with E-state index in [-0.39, 0.29) is 5.91 Å². The van der Waals surface area contributed by atoms with Gasteiger partial charge in [0.15, 0.2) is 0 Å². The van der Waals surface area contributed by atoms with Crippen molar-refractivity contribution in [1.82, 2.24) is 10.3 Å². The smallest absolute Gasteiger partial charge is 0.245 e. The summed E-state index contributed by atoms with van der Waals surface area (Å²) in [4.78, 5) is 18.5. The van der Waals surface area contributed by atoms with Gasteiger partial charge in [0, 0.05) is 19.3 Å². The predicted molar refractivity (Wildman–Crippen MR) is 74.6 cm³/mol. The molecule has 0 atom stereocenters. The van der Waals surface area contributed by atoms with Crippen molar-refractivity contribution in [1.29, 1.82) is 0 Å². The number of rotatable bonds is 2. The maximum absolute atomic E-state index is 11.9. The van der Waals surface area contributed by atoms with Crippen LogP contribution in [0.15, 0.2) is 18.3 Å². The molecule has 0 aliphatic carbocycles. The van der Waals surface area contributed by atoms with Crippen LogP contribution in [0.25, 0.3) is 0 Å². The molecule has 1 aliphatic rings. The first-order valence-electron chi connectivity index (χ1n) is 5.75. The van der Waals surface area contributed by atoms with Crippen molar-refractivity contribution in [3.05, 3.63) is 23.9 Å². The van der Waals surface area contributed by atoms with Gasteiger partial charge in [-0.3, -0.25) is 4.79 Å². The fourth-order valence-electron chi connectivity index (χ4n) is 2.07. The molecule has 1 aliphatic heterocycles. The Balaban J connectivity index is 2.48. The molecular formula is C12H16N4OS. The number of anilines is 1. The zero-order chi connectivity index (χ0) is 13.3. The molecule has 96 valence electrons. The van der Waals surface area contributed by atoms with Crippen molar-refractivity contribution in [3.8, 4) is 0 Å². The van der Waals surface area contributed by atoms with E-state index in [2.05, 4.69) is 10.3 Å². The van der Waals surface area contributed by atoms with Crippen molar-refractivity contribution < 1.29 is 4.79 Å². The topological polar surface area (TPSA) is 71.2 Å². The van der Waals surface area contributed by atoms with Gasteiger partial charge in [0.2, 0.25) is 5.91 Å². The molecule has 0 unspecified atom stereocenters. The number of carbonyl (C=O) groups is 1. The maximum atomic E-state index is 11.9. The first-order valence-corrected chi connectivity index (χ1v) is 6.16. The normalized spacial score (nSPS) is 18.3. The number of nitrogens with two attached hydrogens (primary N) is 1. The van der Waals surface area contributed by atoms with Gasteiger partial charge in [-0.1, -0.05) is 12.2 Å². The third kappa shape index (κ3) is 2.03.